The fourth-order valence-corrected chi connectivity index (χ4v) is 3.80. The third-order valence-electron chi connectivity index (χ3n) is 4.10. The number of hydrogen-bond donors (Lipinski definition) is 3. The summed E-state index contributed by atoms with van der Waals surface area (Å²) >= 11 is 1.94. The van der Waals surface area contributed by atoms with Crippen molar-refractivity contribution in [3.05, 3.63) is 12.1 Å². The van der Waals surface area contributed by atoms with Gasteiger partial charge in [0.25, 0.3) is 5.91 Å². The van der Waals surface area contributed by atoms with Gasteiger partial charge >= 0.3 is 0 Å². The molecule has 1 aromatic carbocycles. The Bertz CT molecular complexity index is 550. The SMILES string of the molecule is CSC1CCCC(Nc2cc3c(cc2N)OCC(=O)N3)C1. The van der Waals surface area contributed by atoms with Gasteiger partial charge in [-0.2, -0.15) is 11.8 Å². The molecule has 1 aliphatic heterocycles. The first kappa shape index (κ1) is 14.4. The summed E-state index contributed by atoms with van der Waals surface area (Å²) in [6, 6.07) is 4.10. The number of anilines is 3. The zero-order valence-corrected chi connectivity index (χ0v) is 13.0. The predicted octanol–water partition coefficient (Wildman–Crippen LogP) is 2.69. The number of nitrogen functional groups attached to an aromatic ring is 1. The summed E-state index contributed by atoms with van der Waals surface area (Å²) in [5.74, 6) is 0.515. The molecule has 2 atom stereocenters. The summed E-state index contributed by atoms with van der Waals surface area (Å²) < 4.78 is 5.37. The monoisotopic (exact) mass is 307 g/mol. The molecular formula is C15H21N3O2S. The molecule has 5 nitrogen and oxygen atoms in total. The number of rotatable bonds is 3. The molecule has 2 aliphatic rings. The summed E-state index contributed by atoms with van der Waals surface area (Å²) in [5, 5.41) is 7.07. The summed E-state index contributed by atoms with van der Waals surface area (Å²) in [6.07, 6.45) is 7.03. The molecule has 21 heavy (non-hydrogen) atoms. The molecule has 1 aliphatic carbocycles. The second-order valence-electron chi connectivity index (χ2n) is 5.64. The molecule has 0 saturated heterocycles. The van der Waals surface area contributed by atoms with Crippen LogP contribution >= 0.6 is 11.8 Å². The lowest BCUT2D eigenvalue weighted by Gasteiger charge is -2.30. The summed E-state index contributed by atoms with van der Waals surface area (Å²) in [7, 11) is 0. The van der Waals surface area contributed by atoms with E-state index in [1.54, 1.807) is 6.07 Å². The topological polar surface area (TPSA) is 76.4 Å². The lowest BCUT2D eigenvalue weighted by Crippen LogP contribution is -2.29. The largest absolute Gasteiger partial charge is 0.482 e. The van der Waals surface area contributed by atoms with Crippen molar-refractivity contribution in [1.29, 1.82) is 0 Å². The van der Waals surface area contributed by atoms with E-state index < -0.39 is 0 Å². The minimum absolute atomic E-state index is 0.0528. The highest BCUT2D eigenvalue weighted by atomic mass is 32.2. The van der Waals surface area contributed by atoms with Crippen molar-refractivity contribution in [2.45, 2.75) is 37.0 Å². The Kier molecular flexibility index (Phi) is 4.14. The third kappa shape index (κ3) is 3.20. The first-order valence-electron chi connectivity index (χ1n) is 7.31. The van der Waals surface area contributed by atoms with Gasteiger partial charge in [-0.15, -0.1) is 0 Å². The standard InChI is InChI=1S/C15H21N3O2S/c1-21-10-4-2-3-9(5-10)17-12-7-13-14(6-11(12)16)20-8-15(19)18-13/h6-7,9-10,17H,2-5,8,16H2,1H3,(H,18,19). The average Bonchev–Trinajstić information content (AvgIpc) is 2.49. The number of carbonyl (C=O) groups is 1. The van der Waals surface area contributed by atoms with Crippen LogP contribution in [0.1, 0.15) is 25.7 Å². The number of benzene rings is 1. The Morgan fingerprint density at radius 3 is 3.10 bits per heavy atom. The summed E-state index contributed by atoms with van der Waals surface area (Å²) in [4.78, 5) is 11.4. The predicted molar refractivity (Wildman–Crippen MR) is 88.2 cm³/mol. The van der Waals surface area contributed by atoms with Crippen LogP contribution in [0.3, 0.4) is 0 Å². The van der Waals surface area contributed by atoms with Crippen LogP contribution in [0, 0.1) is 0 Å². The van der Waals surface area contributed by atoms with Crippen LogP contribution in [0.15, 0.2) is 12.1 Å². The van der Waals surface area contributed by atoms with Gasteiger partial charge in [-0.3, -0.25) is 4.79 Å². The lowest BCUT2D eigenvalue weighted by atomic mass is 9.94. The second kappa shape index (κ2) is 6.05. The fraction of sp³-hybridized carbons (Fsp3) is 0.533. The Morgan fingerprint density at radius 1 is 1.43 bits per heavy atom. The highest BCUT2D eigenvalue weighted by Gasteiger charge is 2.23. The van der Waals surface area contributed by atoms with Crippen LogP contribution in [0.4, 0.5) is 17.1 Å². The van der Waals surface area contributed by atoms with E-state index >= 15 is 0 Å². The molecule has 6 heteroatoms. The molecule has 1 amide bonds. The highest BCUT2D eigenvalue weighted by Crippen LogP contribution is 2.37. The van der Waals surface area contributed by atoms with Gasteiger partial charge in [-0.05, 0) is 31.6 Å². The van der Waals surface area contributed by atoms with Crippen molar-refractivity contribution < 1.29 is 9.53 Å². The van der Waals surface area contributed by atoms with E-state index in [9.17, 15) is 4.79 Å². The van der Waals surface area contributed by atoms with Crippen molar-refractivity contribution in [1.82, 2.24) is 0 Å². The minimum Gasteiger partial charge on any atom is -0.482 e. The van der Waals surface area contributed by atoms with Crippen LogP contribution in [0.25, 0.3) is 0 Å². The molecule has 0 bridgehead atoms. The van der Waals surface area contributed by atoms with E-state index in [1.807, 2.05) is 17.8 Å². The molecule has 1 heterocycles. The number of hydrogen-bond acceptors (Lipinski definition) is 5. The van der Waals surface area contributed by atoms with E-state index in [0.717, 1.165) is 23.8 Å². The van der Waals surface area contributed by atoms with E-state index in [0.29, 0.717) is 23.2 Å². The average molecular weight is 307 g/mol. The Labute approximate surface area is 129 Å². The smallest absolute Gasteiger partial charge is 0.262 e. The van der Waals surface area contributed by atoms with Crippen molar-refractivity contribution in [3.8, 4) is 5.75 Å². The molecular weight excluding hydrogens is 286 g/mol. The Balaban J connectivity index is 1.76. The van der Waals surface area contributed by atoms with Crippen LogP contribution in [0.5, 0.6) is 5.75 Å². The zero-order valence-electron chi connectivity index (χ0n) is 12.1. The maximum absolute atomic E-state index is 11.4. The number of fused-ring (bicyclic) bond motifs is 1. The van der Waals surface area contributed by atoms with Gasteiger partial charge in [0.15, 0.2) is 6.61 Å². The molecule has 2 unspecified atom stereocenters. The van der Waals surface area contributed by atoms with Crippen LogP contribution in [-0.2, 0) is 4.79 Å². The molecule has 114 valence electrons. The minimum atomic E-state index is -0.127. The third-order valence-corrected chi connectivity index (χ3v) is 5.20. The van der Waals surface area contributed by atoms with Gasteiger partial charge < -0.3 is 21.1 Å². The number of carbonyl (C=O) groups excluding carboxylic acids is 1. The Hall–Kier alpha value is -1.56. The first-order chi connectivity index (χ1) is 10.2. The highest BCUT2D eigenvalue weighted by molar-refractivity contribution is 7.99. The van der Waals surface area contributed by atoms with Crippen molar-refractivity contribution in [2.75, 3.05) is 29.2 Å². The number of thioether (sulfide) groups is 1. The van der Waals surface area contributed by atoms with Crippen molar-refractivity contribution >= 4 is 34.7 Å². The van der Waals surface area contributed by atoms with E-state index in [4.69, 9.17) is 10.5 Å². The first-order valence-corrected chi connectivity index (χ1v) is 8.60. The van der Waals surface area contributed by atoms with Gasteiger partial charge in [-0.25, -0.2) is 0 Å². The van der Waals surface area contributed by atoms with Crippen LogP contribution in [0.2, 0.25) is 0 Å². The van der Waals surface area contributed by atoms with Gasteiger partial charge in [0.05, 0.1) is 17.1 Å². The molecule has 1 aromatic rings. The second-order valence-corrected chi connectivity index (χ2v) is 6.78. The van der Waals surface area contributed by atoms with Crippen LogP contribution < -0.4 is 21.1 Å². The summed E-state index contributed by atoms with van der Waals surface area (Å²) in [5.41, 5.74) is 8.34. The van der Waals surface area contributed by atoms with E-state index in [-0.39, 0.29) is 12.5 Å². The molecule has 0 radical (unpaired) electrons. The van der Waals surface area contributed by atoms with Crippen molar-refractivity contribution in [2.24, 2.45) is 0 Å². The molecule has 3 rings (SSSR count). The molecule has 0 spiro atoms. The Morgan fingerprint density at radius 2 is 2.29 bits per heavy atom. The van der Waals surface area contributed by atoms with Gasteiger partial charge in [0.1, 0.15) is 5.75 Å². The lowest BCUT2D eigenvalue weighted by molar-refractivity contribution is -0.118. The number of amides is 1. The zero-order chi connectivity index (χ0) is 14.8. The molecule has 4 N–H and O–H groups in total. The van der Waals surface area contributed by atoms with Gasteiger partial charge in [-0.1, -0.05) is 6.42 Å². The number of nitrogens with two attached hydrogens (primary N) is 1. The molecule has 0 aromatic heterocycles. The van der Waals surface area contributed by atoms with Crippen molar-refractivity contribution in [3.63, 3.8) is 0 Å². The quantitative estimate of drug-likeness (QED) is 0.749. The van der Waals surface area contributed by atoms with Gasteiger partial charge in [0, 0.05) is 17.4 Å². The maximum atomic E-state index is 11.4. The summed E-state index contributed by atoms with van der Waals surface area (Å²) in [6.45, 7) is 0.0528. The number of ether oxygens (including phenoxy) is 1. The van der Waals surface area contributed by atoms with E-state index in [2.05, 4.69) is 16.9 Å². The van der Waals surface area contributed by atoms with Gasteiger partial charge in [0.2, 0.25) is 0 Å². The fourth-order valence-electron chi connectivity index (χ4n) is 2.98. The van der Waals surface area contributed by atoms with Crippen LogP contribution in [-0.4, -0.2) is 30.1 Å². The normalized spacial score (nSPS) is 24.7. The molecule has 1 fully saturated rings. The number of nitrogens with one attached hydrogen (secondary N) is 2. The molecule has 1 saturated carbocycles. The van der Waals surface area contributed by atoms with E-state index in [1.165, 1.54) is 12.8 Å². The maximum Gasteiger partial charge on any atom is 0.262 e.